The van der Waals surface area contributed by atoms with Gasteiger partial charge in [-0.15, -0.1) is 0 Å². The van der Waals surface area contributed by atoms with Crippen molar-refractivity contribution in [2.24, 2.45) is 0 Å². The number of nitrogens with one attached hydrogen (secondary N) is 2. The Labute approximate surface area is 309 Å². The molecule has 10 nitrogen and oxygen atoms in total. The molecule has 12 heteroatoms. The van der Waals surface area contributed by atoms with E-state index in [1.54, 1.807) is 63.4 Å². The van der Waals surface area contributed by atoms with Gasteiger partial charge in [0.05, 0.1) is 23.4 Å². The minimum Gasteiger partial charge on any atom is -0.481 e. The standard InChI is InChI=1S/C38H40ClFN6O4.C2H6/c1-6-31-44(3)19-25(37(49)45(31)4)35(48)41-27-9-7-8-23(21(27)2)33-26(40)12-11-24(34(33)39)28-18-22-10-13-29(32(22)36(42-28)50-5)46-17-16-38(20-46)15-14-30(47)43-38;1-2/h6-9,11-12,18-19,29H,10,13-17,20H2,1-5H3,(H,41,48)(H,43,47);1-2H3/b31-6+;. The molecule has 3 aromatic rings. The highest BCUT2D eigenvalue weighted by atomic mass is 35.5. The van der Waals surface area contributed by atoms with Gasteiger partial charge in [-0.2, -0.15) is 0 Å². The molecule has 2 aromatic carbocycles. The predicted molar refractivity (Wildman–Crippen MR) is 201 cm³/mol. The third-order valence-corrected chi connectivity index (χ3v) is 11.1. The number of hydrogen-bond donors (Lipinski definition) is 2. The zero-order valence-corrected chi connectivity index (χ0v) is 31.6. The number of carbonyl (C=O) groups excluding carboxylic acids is 3. The summed E-state index contributed by atoms with van der Waals surface area (Å²) in [6, 6.07) is 10.3. The number of allylic oxidation sites excluding steroid dienone is 1. The Morgan fingerprint density at radius 1 is 1.13 bits per heavy atom. The second-order valence-corrected chi connectivity index (χ2v) is 14.0. The van der Waals surface area contributed by atoms with E-state index in [1.165, 1.54) is 17.2 Å². The Hall–Kier alpha value is -4.74. The minimum atomic E-state index is -0.575. The molecule has 0 saturated carbocycles. The first-order valence-electron chi connectivity index (χ1n) is 17.9. The Balaban J connectivity index is 0.00000228. The van der Waals surface area contributed by atoms with Gasteiger partial charge in [-0.05, 0) is 86.6 Å². The maximum atomic E-state index is 15.7. The summed E-state index contributed by atoms with van der Waals surface area (Å²) in [5.41, 5.74) is 4.82. The van der Waals surface area contributed by atoms with Crippen LogP contribution in [-0.2, 0) is 20.8 Å². The second kappa shape index (κ2) is 14.7. The highest BCUT2D eigenvalue weighted by molar-refractivity contribution is 6.36. The number of anilines is 1. The number of hydrogen-bond acceptors (Lipinski definition) is 7. The summed E-state index contributed by atoms with van der Waals surface area (Å²) in [6.45, 7) is 9.29. The van der Waals surface area contributed by atoms with Gasteiger partial charge in [0.1, 0.15) is 17.2 Å². The van der Waals surface area contributed by atoms with Crippen molar-refractivity contribution < 1.29 is 23.5 Å². The van der Waals surface area contributed by atoms with Crippen LogP contribution in [0.2, 0.25) is 5.02 Å². The summed E-state index contributed by atoms with van der Waals surface area (Å²) in [7, 11) is 4.99. The number of likely N-dealkylation sites (N-methyl/N-ethyl adjacent to an activating group) is 1. The summed E-state index contributed by atoms with van der Waals surface area (Å²) < 4.78 is 21.6. The SMILES string of the molecule is C/C=C1\N(C)C=C(C(=O)Nc2cccc(-c3c(F)ccc(-c4cc5c(c(OC)n4)C(N4CCC6(CCC(=O)N6)C4)CC5)c3Cl)c2C)C(=O)N1C.CC. The van der Waals surface area contributed by atoms with Crippen molar-refractivity contribution in [3.63, 3.8) is 0 Å². The van der Waals surface area contributed by atoms with E-state index in [-0.39, 0.29) is 33.6 Å². The molecular weight excluding hydrogens is 683 g/mol. The monoisotopic (exact) mass is 728 g/mol. The van der Waals surface area contributed by atoms with Gasteiger partial charge in [-0.3, -0.25) is 24.2 Å². The molecule has 4 heterocycles. The summed E-state index contributed by atoms with van der Waals surface area (Å²) in [5, 5.41) is 6.26. The van der Waals surface area contributed by atoms with Gasteiger partial charge < -0.3 is 20.3 Å². The van der Waals surface area contributed by atoms with Gasteiger partial charge in [-0.1, -0.05) is 37.6 Å². The number of carbonyl (C=O) groups is 3. The van der Waals surface area contributed by atoms with E-state index < -0.39 is 17.6 Å². The van der Waals surface area contributed by atoms with Crippen LogP contribution in [0.15, 0.2) is 60.1 Å². The third-order valence-electron chi connectivity index (χ3n) is 10.7. The van der Waals surface area contributed by atoms with E-state index in [4.69, 9.17) is 21.3 Å². The quantitative estimate of drug-likeness (QED) is 0.264. The Kier molecular flexibility index (Phi) is 10.5. The molecule has 2 fully saturated rings. The average Bonchev–Trinajstić information content (AvgIpc) is 3.86. The fraction of sp³-hybridized carbons (Fsp3) is 0.400. The van der Waals surface area contributed by atoms with Crippen molar-refractivity contribution in [2.75, 3.05) is 39.6 Å². The Morgan fingerprint density at radius 3 is 2.60 bits per heavy atom. The van der Waals surface area contributed by atoms with E-state index in [9.17, 15) is 14.4 Å². The molecule has 3 aliphatic heterocycles. The molecule has 2 N–H and O–H groups in total. The van der Waals surface area contributed by atoms with Crippen LogP contribution < -0.4 is 15.4 Å². The van der Waals surface area contributed by atoms with Crippen LogP contribution in [0.1, 0.15) is 69.2 Å². The lowest BCUT2D eigenvalue weighted by atomic mass is 9.95. The number of benzene rings is 2. The number of aromatic nitrogens is 1. The first kappa shape index (κ1) is 37.0. The molecule has 1 spiro atoms. The van der Waals surface area contributed by atoms with Crippen molar-refractivity contribution in [1.82, 2.24) is 25.0 Å². The van der Waals surface area contributed by atoms with Crippen molar-refractivity contribution in [2.45, 2.75) is 71.4 Å². The molecule has 3 amide bonds. The van der Waals surface area contributed by atoms with Gasteiger partial charge in [-0.25, -0.2) is 9.37 Å². The smallest absolute Gasteiger partial charge is 0.266 e. The summed E-state index contributed by atoms with van der Waals surface area (Å²) in [6.07, 6.45) is 7.40. The van der Waals surface area contributed by atoms with Crippen LogP contribution in [0.5, 0.6) is 5.88 Å². The summed E-state index contributed by atoms with van der Waals surface area (Å²) in [5.74, 6) is -0.224. The number of fused-ring (bicyclic) bond motifs is 1. The second-order valence-electron chi connectivity index (χ2n) is 13.6. The topological polar surface area (TPSA) is 107 Å². The number of halogens is 2. The number of aryl methyl sites for hydroxylation is 1. The number of methoxy groups -OCH3 is 1. The molecule has 4 aliphatic rings. The Bertz CT molecular complexity index is 2010. The number of ether oxygens (including phenoxy) is 1. The van der Waals surface area contributed by atoms with E-state index in [0.29, 0.717) is 46.2 Å². The van der Waals surface area contributed by atoms with Crippen LogP contribution in [-0.4, -0.2) is 77.2 Å². The molecule has 0 radical (unpaired) electrons. The van der Waals surface area contributed by atoms with Gasteiger partial charge in [0.2, 0.25) is 11.8 Å². The molecule has 52 heavy (non-hydrogen) atoms. The molecule has 2 atom stereocenters. The van der Waals surface area contributed by atoms with Crippen LogP contribution in [0, 0.1) is 12.7 Å². The molecule has 2 saturated heterocycles. The number of amides is 3. The van der Waals surface area contributed by atoms with Crippen LogP contribution in [0.25, 0.3) is 22.4 Å². The highest BCUT2D eigenvalue weighted by Crippen LogP contribution is 2.47. The lowest BCUT2D eigenvalue weighted by Crippen LogP contribution is -2.44. The molecule has 2 unspecified atom stereocenters. The van der Waals surface area contributed by atoms with Crippen molar-refractivity contribution in [3.8, 4) is 28.3 Å². The van der Waals surface area contributed by atoms with Crippen molar-refractivity contribution in [3.05, 3.63) is 87.6 Å². The molecule has 7 rings (SSSR count). The van der Waals surface area contributed by atoms with Crippen LogP contribution in [0.4, 0.5) is 10.1 Å². The lowest BCUT2D eigenvalue weighted by molar-refractivity contribution is -0.128. The van der Waals surface area contributed by atoms with Gasteiger partial charge in [0, 0.05) is 68.2 Å². The molecular formula is C40H46ClFN6O4. The summed E-state index contributed by atoms with van der Waals surface area (Å²) in [4.78, 5) is 48.9. The van der Waals surface area contributed by atoms with Crippen LogP contribution in [0.3, 0.4) is 0 Å². The zero-order chi connectivity index (χ0) is 37.5. The number of likely N-dealkylation sites (tertiary alicyclic amines) is 1. The molecule has 0 bridgehead atoms. The Morgan fingerprint density at radius 2 is 1.90 bits per heavy atom. The maximum Gasteiger partial charge on any atom is 0.266 e. The normalized spacial score (nSPS) is 22.0. The first-order chi connectivity index (χ1) is 24.9. The lowest BCUT2D eigenvalue weighted by Gasteiger charge is -2.32. The number of rotatable bonds is 6. The van der Waals surface area contributed by atoms with E-state index in [2.05, 4.69) is 15.5 Å². The fourth-order valence-corrected chi connectivity index (χ4v) is 8.46. The number of nitrogens with zero attached hydrogens (tertiary/aromatic N) is 4. The first-order valence-corrected chi connectivity index (χ1v) is 18.2. The van der Waals surface area contributed by atoms with E-state index in [1.807, 2.05) is 26.8 Å². The van der Waals surface area contributed by atoms with Crippen molar-refractivity contribution >= 4 is 35.0 Å². The van der Waals surface area contributed by atoms with Gasteiger partial charge in [0.15, 0.2) is 0 Å². The van der Waals surface area contributed by atoms with Gasteiger partial charge >= 0.3 is 0 Å². The maximum absolute atomic E-state index is 15.7. The largest absolute Gasteiger partial charge is 0.481 e. The van der Waals surface area contributed by atoms with E-state index in [0.717, 1.165) is 49.9 Å². The van der Waals surface area contributed by atoms with Crippen LogP contribution >= 0.6 is 11.6 Å². The molecule has 1 aromatic heterocycles. The minimum absolute atomic E-state index is 0.0231. The number of pyridine rings is 1. The molecule has 274 valence electrons. The fourth-order valence-electron chi connectivity index (χ4n) is 8.11. The summed E-state index contributed by atoms with van der Waals surface area (Å²) >= 11 is 7.05. The average molecular weight is 729 g/mol. The third kappa shape index (κ3) is 6.45. The van der Waals surface area contributed by atoms with Crippen molar-refractivity contribution in [1.29, 1.82) is 0 Å². The predicted octanol–water partition coefficient (Wildman–Crippen LogP) is 6.98. The van der Waals surface area contributed by atoms with Gasteiger partial charge in [0.25, 0.3) is 11.8 Å². The zero-order valence-electron chi connectivity index (χ0n) is 30.8. The highest BCUT2D eigenvalue weighted by Gasteiger charge is 2.46. The van der Waals surface area contributed by atoms with E-state index >= 15 is 4.39 Å². The molecule has 1 aliphatic carbocycles.